The van der Waals surface area contributed by atoms with Crippen LogP contribution in [-0.4, -0.2) is 30.2 Å². The van der Waals surface area contributed by atoms with Crippen LogP contribution >= 0.6 is 0 Å². The first-order chi connectivity index (χ1) is 10.3. The number of benzene rings is 1. The Labute approximate surface area is 126 Å². The van der Waals surface area contributed by atoms with Gasteiger partial charge in [-0.1, -0.05) is 18.6 Å². The molecule has 3 N–H and O–H groups in total. The van der Waals surface area contributed by atoms with Crippen molar-refractivity contribution in [2.24, 2.45) is 0 Å². The van der Waals surface area contributed by atoms with E-state index in [0.29, 0.717) is 12.5 Å². The van der Waals surface area contributed by atoms with E-state index < -0.39 is 0 Å². The van der Waals surface area contributed by atoms with Crippen LogP contribution < -0.4 is 10.6 Å². The van der Waals surface area contributed by atoms with Gasteiger partial charge in [0.2, 0.25) is 5.91 Å². The Morgan fingerprint density at radius 3 is 3.05 bits per heavy atom. The van der Waals surface area contributed by atoms with Crippen molar-refractivity contribution in [2.45, 2.75) is 51.0 Å². The van der Waals surface area contributed by atoms with Gasteiger partial charge in [-0.25, -0.2) is 0 Å². The fourth-order valence-electron chi connectivity index (χ4n) is 2.79. The molecular formula is C17H26N2O2. The Kier molecular flexibility index (Phi) is 6.70. The Hall–Kier alpha value is -1.39. The average Bonchev–Trinajstić information content (AvgIpc) is 2.52. The molecule has 1 aromatic rings. The third-order valence-electron chi connectivity index (χ3n) is 3.97. The predicted molar refractivity (Wildman–Crippen MR) is 85.4 cm³/mol. The lowest BCUT2D eigenvalue weighted by Gasteiger charge is -2.23. The van der Waals surface area contributed by atoms with Gasteiger partial charge in [0.05, 0.1) is 0 Å². The van der Waals surface area contributed by atoms with Gasteiger partial charge < -0.3 is 15.7 Å². The van der Waals surface area contributed by atoms with Gasteiger partial charge in [0.15, 0.2) is 0 Å². The number of aliphatic hydroxyl groups is 1. The van der Waals surface area contributed by atoms with E-state index in [-0.39, 0.29) is 12.5 Å². The third-order valence-corrected chi connectivity index (χ3v) is 3.97. The zero-order chi connectivity index (χ0) is 14.9. The van der Waals surface area contributed by atoms with Gasteiger partial charge in [-0.2, -0.15) is 0 Å². The van der Waals surface area contributed by atoms with Crippen LogP contribution in [0.5, 0.6) is 0 Å². The molecule has 2 rings (SSSR count). The minimum absolute atomic E-state index is 0.0849. The molecule has 1 heterocycles. The first-order valence-electron chi connectivity index (χ1n) is 8.01. The van der Waals surface area contributed by atoms with Crippen molar-refractivity contribution >= 4 is 11.6 Å². The third kappa shape index (κ3) is 5.86. The fourth-order valence-corrected chi connectivity index (χ4v) is 2.79. The van der Waals surface area contributed by atoms with E-state index in [0.717, 1.165) is 37.1 Å². The van der Waals surface area contributed by atoms with Gasteiger partial charge in [-0.05, 0) is 56.3 Å². The van der Waals surface area contributed by atoms with Crippen molar-refractivity contribution in [1.29, 1.82) is 0 Å². The SMILES string of the molecule is O=C(CCC1CCCCN1)Nc1cccc(CCCO)c1. The highest BCUT2D eigenvalue weighted by molar-refractivity contribution is 5.90. The number of piperidine rings is 1. The highest BCUT2D eigenvalue weighted by atomic mass is 16.2. The first kappa shape index (κ1) is 16.0. The van der Waals surface area contributed by atoms with E-state index in [2.05, 4.69) is 10.6 Å². The second-order valence-electron chi connectivity index (χ2n) is 5.76. The van der Waals surface area contributed by atoms with Gasteiger partial charge in [0.1, 0.15) is 0 Å². The summed E-state index contributed by atoms with van der Waals surface area (Å²) < 4.78 is 0. The predicted octanol–water partition coefficient (Wildman–Crippen LogP) is 2.47. The van der Waals surface area contributed by atoms with Gasteiger partial charge >= 0.3 is 0 Å². The molecule has 0 radical (unpaired) electrons. The van der Waals surface area contributed by atoms with Crippen molar-refractivity contribution < 1.29 is 9.90 Å². The highest BCUT2D eigenvalue weighted by Gasteiger charge is 2.14. The summed E-state index contributed by atoms with van der Waals surface area (Å²) in [6, 6.07) is 8.38. The van der Waals surface area contributed by atoms with Crippen molar-refractivity contribution in [3.63, 3.8) is 0 Å². The zero-order valence-electron chi connectivity index (χ0n) is 12.6. The summed E-state index contributed by atoms with van der Waals surface area (Å²) in [6.07, 6.45) is 6.78. The van der Waals surface area contributed by atoms with Crippen molar-refractivity contribution in [3.05, 3.63) is 29.8 Å². The minimum Gasteiger partial charge on any atom is -0.396 e. The molecule has 1 aliphatic rings. The van der Waals surface area contributed by atoms with E-state index in [1.807, 2.05) is 24.3 Å². The van der Waals surface area contributed by atoms with E-state index >= 15 is 0 Å². The van der Waals surface area contributed by atoms with Crippen LogP contribution in [-0.2, 0) is 11.2 Å². The lowest BCUT2D eigenvalue weighted by molar-refractivity contribution is -0.116. The van der Waals surface area contributed by atoms with E-state index in [9.17, 15) is 4.79 Å². The molecule has 0 aliphatic carbocycles. The fraction of sp³-hybridized carbons (Fsp3) is 0.588. The molecule has 1 aromatic carbocycles. The smallest absolute Gasteiger partial charge is 0.224 e. The Bertz CT molecular complexity index is 442. The summed E-state index contributed by atoms with van der Waals surface area (Å²) in [5.74, 6) is 0.0849. The van der Waals surface area contributed by atoms with Crippen LogP contribution in [0.1, 0.15) is 44.1 Å². The molecule has 0 spiro atoms. The second-order valence-corrected chi connectivity index (χ2v) is 5.76. The number of carbonyl (C=O) groups is 1. The molecule has 1 aliphatic heterocycles. The number of hydrogen-bond acceptors (Lipinski definition) is 3. The lowest BCUT2D eigenvalue weighted by Crippen LogP contribution is -2.34. The van der Waals surface area contributed by atoms with Crippen molar-refractivity contribution in [3.8, 4) is 0 Å². The normalized spacial score (nSPS) is 18.4. The van der Waals surface area contributed by atoms with Crippen LogP contribution in [0.2, 0.25) is 0 Å². The number of amides is 1. The molecule has 1 saturated heterocycles. The molecule has 116 valence electrons. The zero-order valence-corrected chi connectivity index (χ0v) is 12.6. The summed E-state index contributed by atoms with van der Waals surface area (Å²) in [4.78, 5) is 12.0. The van der Waals surface area contributed by atoms with Crippen LogP contribution in [0.3, 0.4) is 0 Å². The number of aliphatic hydroxyl groups excluding tert-OH is 1. The Morgan fingerprint density at radius 2 is 2.29 bits per heavy atom. The summed E-state index contributed by atoms with van der Waals surface area (Å²) in [6.45, 7) is 1.28. The Balaban J connectivity index is 1.76. The van der Waals surface area contributed by atoms with Crippen molar-refractivity contribution in [1.82, 2.24) is 5.32 Å². The van der Waals surface area contributed by atoms with Crippen LogP contribution in [0.15, 0.2) is 24.3 Å². The van der Waals surface area contributed by atoms with Gasteiger partial charge in [0.25, 0.3) is 0 Å². The molecule has 21 heavy (non-hydrogen) atoms. The standard InChI is InChI=1S/C17H26N2O2/c20-12-4-6-14-5-3-8-16(13-14)19-17(21)10-9-15-7-1-2-11-18-15/h3,5,8,13,15,18,20H,1-2,4,6-7,9-12H2,(H,19,21). The number of hydrogen-bond donors (Lipinski definition) is 3. The largest absolute Gasteiger partial charge is 0.396 e. The number of nitrogens with one attached hydrogen (secondary N) is 2. The van der Waals surface area contributed by atoms with E-state index in [1.54, 1.807) is 0 Å². The average molecular weight is 290 g/mol. The highest BCUT2D eigenvalue weighted by Crippen LogP contribution is 2.15. The molecule has 1 fully saturated rings. The van der Waals surface area contributed by atoms with Gasteiger partial charge in [-0.15, -0.1) is 0 Å². The number of carbonyl (C=O) groups excluding carboxylic acids is 1. The Morgan fingerprint density at radius 1 is 1.38 bits per heavy atom. The van der Waals surface area contributed by atoms with E-state index in [1.165, 1.54) is 19.3 Å². The maximum absolute atomic E-state index is 12.0. The maximum atomic E-state index is 12.0. The topological polar surface area (TPSA) is 61.4 Å². The lowest BCUT2D eigenvalue weighted by atomic mass is 10.0. The molecule has 0 aromatic heterocycles. The van der Waals surface area contributed by atoms with Crippen LogP contribution in [0.4, 0.5) is 5.69 Å². The van der Waals surface area contributed by atoms with Crippen molar-refractivity contribution in [2.75, 3.05) is 18.5 Å². The number of rotatable bonds is 7. The molecule has 0 saturated carbocycles. The van der Waals surface area contributed by atoms with E-state index in [4.69, 9.17) is 5.11 Å². The quantitative estimate of drug-likeness (QED) is 0.723. The summed E-state index contributed by atoms with van der Waals surface area (Å²) in [5.41, 5.74) is 2.00. The number of anilines is 1. The molecule has 4 nitrogen and oxygen atoms in total. The summed E-state index contributed by atoms with van der Waals surface area (Å²) in [5, 5.41) is 15.3. The second kappa shape index (κ2) is 8.80. The number of aryl methyl sites for hydroxylation is 1. The molecule has 1 amide bonds. The molecule has 1 unspecified atom stereocenters. The van der Waals surface area contributed by atoms with Crippen LogP contribution in [0.25, 0.3) is 0 Å². The van der Waals surface area contributed by atoms with Gasteiger partial charge in [-0.3, -0.25) is 4.79 Å². The minimum atomic E-state index is 0.0849. The maximum Gasteiger partial charge on any atom is 0.224 e. The molecule has 0 bridgehead atoms. The van der Waals surface area contributed by atoms with Gasteiger partial charge in [0, 0.05) is 24.8 Å². The molecule has 1 atom stereocenters. The summed E-state index contributed by atoms with van der Waals surface area (Å²) in [7, 11) is 0. The molecular weight excluding hydrogens is 264 g/mol. The monoisotopic (exact) mass is 290 g/mol. The molecule has 4 heteroatoms. The summed E-state index contributed by atoms with van der Waals surface area (Å²) >= 11 is 0. The van der Waals surface area contributed by atoms with Crippen LogP contribution in [0, 0.1) is 0 Å². The first-order valence-corrected chi connectivity index (χ1v) is 8.01.